The summed E-state index contributed by atoms with van der Waals surface area (Å²) in [6.45, 7) is 1.41. The van der Waals surface area contributed by atoms with Crippen molar-refractivity contribution in [3.63, 3.8) is 0 Å². The van der Waals surface area contributed by atoms with Crippen LogP contribution < -0.4 is 4.72 Å². The highest BCUT2D eigenvalue weighted by molar-refractivity contribution is 7.90. The number of aliphatic imine (C=N–C) groups is 1. The van der Waals surface area contributed by atoms with Crippen LogP contribution in [0.2, 0.25) is 0 Å². The maximum atomic E-state index is 12.1. The molecule has 10 heteroatoms. The molecule has 0 spiro atoms. The Kier molecular flexibility index (Phi) is 4.91. The predicted molar refractivity (Wildman–Crippen MR) is 95.7 cm³/mol. The van der Waals surface area contributed by atoms with Crippen molar-refractivity contribution < 1.29 is 22.9 Å². The maximum absolute atomic E-state index is 12.1. The molecule has 1 heterocycles. The molecule has 1 aliphatic heterocycles. The molecule has 0 aliphatic carbocycles. The van der Waals surface area contributed by atoms with Crippen LogP contribution in [0.3, 0.4) is 0 Å². The van der Waals surface area contributed by atoms with Crippen molar-refractivity contribution in [3.05, 3.63) is 69.8 Å². The minimum absolute atomic E-state index is 0.0583. The second-order valence-electron chi connectivity index (χ2n) is 5.79. The molecule has 0 fully saturated rings. The molecule has 1 atom stereocenters. The molecule has 0 unspecified atom stereocenters. The lowest BCUT2D eigenvalue weighted by Crippen LogP contribution is -2.26. The Balaban J connectivity index is 1.68. The number of hydrogen-bond donors (Lipinski definition) is 1. The molecule has 0 saturated heterocycles. The number of fused-ring (bicyclic) bond motifs is 1. The topological polar surface area (TPSA) is 128 Å². The number of ether oxygens (including phenoxy) is 1. The van der Waals surface area contributed by atoms with Gasteiger partial charge < -0.3 is 4.74 Å². The van der Waals surface area contributed by atoms with Gasteiger partial charge in [0, 0.05) is 17.7 Å². The average molecular weight is 389 g/mol. The normalized spacial score (nSPS) is 17.0. The van der Waals surface area contributed by atoms with Gasteiger partial charge in [0.15, 0.2) is 0 Å². The van der Waals surface area contributed by atoms with Crippen LogP contribution in [0.15, 0.2) is 58.4 Å². The number of nitro benzene ring substituents is 1. The van der Waals surface area contributed by atoms with Crippen LogP contribution in [0.4, 0.5) is 5.69 Å². The summed E-state index contributed by atoms with van der Waals surface area (Å²) in [6.07, 6.45) is 0. The molecule has 0 bridgehead atoms. The standard InChI is InChI=1S/C17H15N3O6S/c1-11(17(21)26-10-12-6-8-13(9-7-12)20(22)23)18-16-14-4-2-3-5-15(14)27(24,25)19-16/h2-9,11H,10H2,1H3,(H,18,19)/t11-/m0/s1. The molecule has 3 rings (SSSR count). The van der Waals surface area contributed by atoms with Crippen LogP contribution in [-0.4, -0.2) is 31.2 Å². The van der Waals surface area contributed by atoms with E-state index in [2.05, 4.69) is 9.71 Å². The van der Waals surface area contributed by atoms with Crippen molar-refractivity contribution in [1.82, 2.24) is 4.72 Å². The molecule has 1 aliphatic rings. The maximum Gasteiger partial charge on any atom is 0.330 e. The number of sulfonamides is 1. The monoisotopic (exact) mass is 389 g/mol. The SMILES string of the molecule is C[C@H](N=C1NS(=O)(=O)c2ccccc21)C(=O)OCc1ccc([N+](=O)[O-])cc1. The Morgan fingerprint density at radius 1 is 1.22 bits per heavy atom. The lowest BCUT2D eigenvalue weighted by Gasteiger charge is -2.09. The van der Waals surface area contributed by atoms with Gasteiger partial charge in [-0.3, -0.25) is 19.8 Å². The molecule has 0 saturated carbocycles. The largest absolute Gasteiger partial charge is 0.459 e. The number of rotatable bonds is 5. The molecule has 0 radical (unpaired) electrons. The van der Waals surface area contributed by atoms with E-state index in [1.165, 1.54) is 37.3 Å². The van der Waals surface area contributed by atoms with Crippen molar-refractivity contribution >= 4 is 27.5 Å². The smallest absolute Gasteiger partial charge is 0.330 e. The molecule has 2 aromatic rings. The third-order valence-corrected chi connectivity index (χ3v) is 5.25. The molecule has 27 heavy (non-hydrogen) atoms. The fourth-order valence-electron chi connectivity index (χ4n) is 2.47. The van der Waals surface area contributed by atoms with Crippen LogP contribution in [0, 0.1) is 10.1 Å². The Bertz CT molecular complexity index is 1030. The Labute approximate surface area is 154 Å². The lowest BCUT2D eigenvalue weighted by molar-refractivity contribution is -0.384. The lowest BCUT2D eigenvalue weighted by atomic mass is 10.2. The average Bonchev–Trinajstić information content (AvgIpc) is 2.90. The van der Waals surface area contributed by atoms with Gasteiger partial charge in [0.1, 0.15) is 18.5 Å². The van der Waals surface area contributed by atoms with Crippen molar-refractivity contribution in [2.24, 2.45) is 4.99 Å². The quantitative estimate of drug-likeness (QED) is 0.471. The van der Waals surface area contributed by atoms with Crippen molar-refractivity contribution in [2.75, 3.05) is 0 Å². The highest BCUT2D eigenvalue weighted by Crippen LogP contribution is 2.22. The summed E-state index contributed by atoms with van der Waals surface area (Å²) in [5, 5.41) is 10.6. The molecule has 0 aromatic heterocycles. The Hall–Kier alpha value is -3.27. The number of nitrogens with one attached hydrogen (secondary N) is 1. The summed E-state index contributed by atoms with van der Waals surface area (Å²) in [6, 6.07) is 11.0. The molecule has 0 amide bonds. The summed E-state index contributed by atoms with van der Waals surface area (Å²) in [5.74, 6) is -0.560. The summed E-state index contributed by atoms with van der Waals surface area (Å²) in [5.41, 5.74) is 0.922. The fourth-order valence-corrected chi connectivity index (χ4v) is 3.70. The number of carbonyl (C=O) groups excluding carboxylic acids is 1. The van der Waals surface area contributed by atoms with E-state index in [-0.39, 0.29) is 23.0 Å². The van der Waals surface area contributed by atoms with Crippen LogP contribution in [-0.2, 0) is 26.2 Å². The first-order chi connectivity index (χ1) is 12.8. The third kappa shape index (κ3) is 3.95. The van der Waals surface area contributed by atoms with Gasteiger partial charge in [0.25, 0.3) is 15.7 Å². The van der Waals surface area contributed by atoms with Gasteiger partial charge in [0.2, 0.25) is 0 Å². The Morgan fingerprint density at radius 3 is 2.56 bits per heavy atom. The van der Waals surface area contributed by atoms with Gasteiger partial charge >= 0.3 is 5.97 Å². The number of carbonyl (C=O) groups is 1. The number of non-ortho nitro benzene ring substituents is 1. The van der Waals surface area contributed by atoms with Gasteiger partial charge in [-0.1, -0.05) is 12.1 Å². The van der Waals surface area contributed by atoms with E-state index < -0.39 is 27.0 Å². The zero-order chi connectivity index (χ0) is 19.6. The fraction of sp³-hybridized carbons (Fsp3) is 0.176. The van der Waals surface area contributed by atoms with Crippen molar-refractivity contribution in [1.29, 1.82) is 0 Å². The summed E-state index contributed by atoms with van der Waals surface area (Å²) >= 11 is 0. The van der Waals surface area contributed by atoms with Crippen molar-refractivity contribution in [3.8, 4) is 0 Å². The van der Waals surface area contributed by atoms with E-state index >= 15 is 0 Å². The first kappa shape index (κ1) is 18.5. The molecule has 9 nitrogen and oxygen atoms in total. The van der Waals surface area contributed by atoms with Crippen LogP contribution in [0.25, 0.3) is 0 Å². The van der Waals surface area contributed by atoms with E-state index in [9.17, 15) is 23.3 Å². The minimum atomic E-state index is -3.68. The summed E-state index contributed by atoms with van der Waals surface area (Å²) < 4.78 is 31.6. The van der Waals surface area contributed by atoms with Gasteiger partial charge in [-0.15, -0.1) is 0 Å². The van der Waals surface area contributed by atoms with E-state index in [4.69, 9.17) is 4.74 Å². The van der Waals surface area contributed by atoms with Crippen molar-refractivity contribution in [2.45, 2.75) is 24.5 Å². The number of amidine groups is 1. The summed E-state index contributed by atoms with van der Waals surface area (Å²) in [7, 11) is -3.68. The molecular formula is C17H15N3O6S. The second-order valence-corrected chi connectivity index (χ2v) is 7.44. The van der Waals surface area contributed by atoms with Gasteiger partial charge in [0.05, 0.1) is 9.82 Å². The van der Waals surface area contributed by atoms with E-state index in [1.54, 1.807) is 18.2 Å². The van der Waals surface area contributed by atoms with Gasteiger partial charge in [-0.2, -0.15) is 0 Å². The van der Waals surface area contributed by atoms with E-state index in [0.29, 0.717) is 11.1 Å². The highest BCUT2D eigenvalue weighted by atomic mass is 32.2. The third-order valence-electron chi connectivity index (χ3n) is 3.85. The molecule has 2 aromatic carbocycles. The number of hydrogen-bond acceptors (Lipinski definition) is 7. The first-order valence-electron chi connectivity index (χ1n) is 7.88. The second kappa shape index (κ2) is 7.16. The summed E-state index contributed by atoms with van der Waals surface area (Å²) in [4.78, 5) is 26.5. The number of nitro groups is 1. The van der Waals surface area contributed by atoms with Gasteiger partial charge in [-0.25, -0.2) is 13.2 Å². The first-order valence-corrected chi connectivity index (χ1v) is 9.36. The van der Waals surface area contributed by atoms with Gasteiger partial charge in [-0.05, 0) is 36.8 Å². The number of esters is 1. The molecular weight excluding hydrogens is 374 g/mol. The van der Waals surface area contributed by atoms with Crippen LogP contribution >= 0.6 is 0 Å². The number of benzene rings is 2. The zero-order valence-electron chi connectivity index (χ0n) is 14.2. The van der Waals surface area contributed by atoms with E-state index in [1.807, 2.05) is 0 Å². The van der Waals surface area contributed by atoms with Crippen LogP contribution in [0.1, 0.15) is 18.1 Å². The minimum Gasteiger partial charge on any atom is -0.459 e. The van der Waals surface area contributed by atoms with Crippen LogP contribution in [0.5, 0.6) is 0 Å². The molecule has 1 N–H and O–H groups in total. The molecule has 140 valence electrons. The Morgan fingerprint density at radius 2 is 1.89 bits per heavy atom. The zero-order valence-corrected chi connectivity index (χ0v) is 15.0. The predicted octanol–water partition coefficient (Wildman–Crippen LogP) is 1.77. The van der Waals surface area contributed by atoms with E-state index in [0.717, 1.165) is 0 Å². The number of nitrogens with zero attached hydrogens (tertiary/aromatic N) is 2. The highest BCUT2D eigenvalue weighted by Gasteiger charge is 2.31.